The van der Waals surface area contributed by atoms with Gasteiger partial charge in [-0.05, 0) is 31.9 Å². The van der Waals surface area contributed by atoms with Crippen molar-refractivity contribution in [3.8, 4) is 0 Å². The number of alkyl halides is 3. The van der Waals surface area contributed by atoms with Crippen molar-refractivity contribution in [2.24, 2.45) is 0 Å². The smallest absolute Gasteiger partial charge is 0.376 e. The topological polar surface area (TPSA) is 12.0 Å². The number of halogens is 3. The average molecular weight is 217 g/mol. The van der Waals surface area contributed by atoms with E-state index >= 15 is 0 Å². The minimum atomic E-state index is -4.18. The zero-order valence-electron chi connectivity index (χ0n) is 9.00. The minimum absolute atomic E-state index is 0.581. The zero-order valence-corrected chi connectivity index (χ0v) is 9.00. The van der Waals surface area contributed by atoms with E-state index in [9.17, 15) is 13.2 Å². The standard InChI is InChI=1S/C11H14F3N/c1-7-4-8(2)10(9(3)5-7)15-6-11(12,13)14/h4-5,15H,6H2,1-3H3. The lowest BCUT2D eigenvalue weighted by Crippen LogP contribution is -2.22. The first-order valence-electron chi connectivity index (χ1n) is 4.68. The first-order valence-corrected chi connectivity index (χ1v) is 4.68. The van der Waals surface area contributed by atoms with E-state index in [-0.39, 0.29) is 0 Å². The van der Waals surface area contributed by atoms with Gasteiger partial charge in [0.2, 0.25) is 0 Å². The Bertz CT molecular complexity index is 332. The molecule has 4 heteroatoms. The fourth-order valence-electron chi connectivity index (χ4n) is 1.65. The first kappa shape index (κ1) is 11.9. The van der Waals surface area contributed by atoms with Crippen molar-refractivity contribution in [3.63, 3.8) is 0 Å². The molecule has 0 spiro atoms. The van der Waals surface area contributed by atoms with Gasteiger partial charge in [0.15, 0.2) is 0 Å². The average Bonchev–Trinajstić information content (AvgIpc) is 1.99. The summed E-state index contributed by atoms with van der Waals surface area (Å²) in [7, 11) is 0. The maximum Gasteiger partial charge on any atom is 0.405 e. The van der Waals surface area contributed by atoms with Gasteiger partial charge in [0.1, 0.15) is 6.54 Å². The summed E-state index contributed by atoms with van der Waals surface area (Å²) < 4.78 is 36.1. The first-order chi connectivity index (χ1) is 6.79. The van der Waals surface area contributed by atoms with Crippen molar-refractivity contribution in [2.45, 2.75) is 26.9 Å². The molecule has 0 fully saturated rings. The van der Waals surface area contributed by atoms with Gasteiger partial charge in [0, 0.05) is 5.69 Å². The molecule has 0 saturated carbocycles. The molecule has 1 aromatic carbocycles. The third kappa shape index (κ3) is 3.46. The van der Waals surface area contributed by atoms with Gasteiger partial charge < -0.3 is 5.32 Å². The Morgan fingerprint density at radius 3 is 1.93 bits per heavy atom. The molecule has 0 heterocycles. The van der Waals surface area contributed by atoms with Crippen LogP contribution in [0.3, 0.4) is 0 Å². The molecule has 1 rings (SSSR count). The molecule has 1 nitrogen and oxygen atoms in total. The Labute approximate surface area is 87.3 Å². The van der Waals surface area contributed by atoms with Crippen LogP contribution in [0.5, 0.6) is 0 Å². The summed E-state index contributed by atoms with van der Waals surface area (Å²) >= 11 is 0. The summed E-state index contributed by atoms with van der Waals surface area (Å²) in [6.07, 6.45) is -4.18. The molecule has 15 heavy (non-hydrogen) atoms. The SMILES string of the molecule is Cc1cc(C)c(NCC(F)(F)F)c(C)c1. The summed E-state index contributed by atoms with van der Waals surface area (Å²) in [6.45, 7) is 4.54. The lowest BCUT2D eigenvalue weighted by Gasteiger charge is -2.15. The van der Waals surface area contributed by atoms with Crippen molar-refractivity contribution >= 4 is 5.69 Å². The normalized spacial score (nSPS) is 11.6. The predicted octanol–water partition coefficient (Wildman–Crippen LogP) is 3.59. The Hall–Kier alpha value is -1.19. The Balaban J connectivity index is 2.86. The summed E-state index contributed by atoms with van der Waals surface area (Å²) in [5.74, 6) is 0. The summed E-state index contributed by atoms with van der Waals surface area (Å²) in [5.41, 5.74) is 3.33. The minimum Gasteiger partial charge on any atom is -0.376 e. The lowest BCUT2D eigenvalue weighted by atomic mass is 10.1. The molecule has 0 aliphatic carbocycles. The highest BCUT2D eigenvalue weighted by Gasteiger charge is 2.27. The fourth-order valence-corrected chi connectivity index (χ4v) is 1.65. The summed E-state index contributed by atoms with van der Waals surface area (Å²) in [6, 6.07) is 3.73. The summed E-state index contributed by atoms with van der Waals surface area (Å²) in [4.78, 5) is 0. The molecule has 84 valence electrons. The van der Waals surface area contributed by atoms with Gasteiger partial charge in [-0.2, -0.15) is 13.2 Å². The van der Waals surface area contributed by atoms with Crippen molar-refractivity contribution in [1.29, 1.82) is 0 Å². The highest BCUT2D eigenvalue weighted by Crippen LogP contribution is 2.24. The third-order valence-electron chi connectivity index (χ3n) is 2.14. The molecule has 0 bridgehead atoms. The van der Waals surface area contributed by atoms with Crippen LogP contribution in [0.15, 0.2) is 12.1 Å². The number of hydrogen-bond acceptors (Lipinski definition) is 1. The van der Waals surface area contributed by atoms with Crippen LogP contribution in [0.2, 0.25) is 0 Å². The molecular weight excluding hydrogens is 203 g/mol. The van der Waals surface area contributed by atoms with Gasteiger partial charge >= 0.3 is 6.18 Å². The van der Waals surface area contributed by atoms with Gasteiger partial charge in [-0.3, -0.25) is 0 Å². The van der Waals surface area contributed by atoms with E-state index in [1.165, 1.54) is 0 Å². The van der Waals surface area contributed by atoms with Crippen molar-refractivity contribution in [2.75, 3.05) is 11.9 Å². The molecule has 0 radical (unpaired) electrons. The number of nitrogens with one attached hydrogen (secondary N) is 1. The van der Waals surface area contributed by atoms with E-state index in [0.717, 1.165) is 16.7 Å². The Morgan fingerprint density at radius 2 is 1.53 bits per heavy atom. The Morgan fingerprint density at radius 1 is 1.07 bits per heavy atom. The van der Waals surface area contributed by atoms with Crippen LogP contribution >= 0.6 is 0 Å². The van der Waals surface area contributed by atoms with Crippen molar-refractivity contribution < 1.29 is 13.2 Å². The summed E-state index contributed by atoms with van der Waals surface area (Å²) in [5, 5.41) is 2.42. The number of rotatable bonds is 2. The third-order valence-corrected chi connectivity index (χ3v) is 2.14. The van der Waals surface area contributed by atoms with E-state index in [0.29, 0.717) is 5.69 Å². The fraction of sp³-hybridized carbons (Fsp3) is 0.455. The second kappa shape index (κ2) is 4.13. The molecule has 0 aliphatic heterocycles. The molecule has 0 aliphatic rings. The second-order valence-corrected chi connectivity index (χ2v) is 3.74. The van der Waals surface area contributed by atoms with Crippen LogP contribution < -0.4 is 5.32 Å². The van der Waals surface area contributed by atoms with Crippen molar-refractivity contribution in [1.82, 2.24) is 0 Å². The highest BCUT2D eigenvalue weighted by molar-refractivity contribution is 5.58. The lowest BCUT2D eigenvalue weighted by molar-refractivity contribution is -0.115. The van der Waals surface area contributed by atoms with Crippen molar-refractivity contribution in [3.05, 3.63) is 28.8 Å². The molecule has 1 N–H and O–H groups in total. The van der Waals surface area contributed by atoms with Crippen LogP contribution in [0, 0.1) is 20.8 Å². The molecule has 1 aromatic rings. The maximum atomic E-state index is 12.0. The molecule has 0 unspecified atom stereocenters. The number of aryl methyl sites for hydroxylation is 3. The molecule has 0 amide bonds. The van der Waals surface area contributed by atoms with Gasteiger partial charge in [-0.25, -0.2) is 0 Å². The van der Waals surface area contributed by atoms with Gasteiger partial charge in [0.05, 0.1) is 0 Å². The monoisotopic (exact) mass is 217 g/mol. The van der Waals surface area contributed by atoms with Gasteiger partial charge in [-0.1, -0.05) is 17.7 Å². The zero-order chi connectivity index (χ0) is 11.6. The van der Waals surface area contributed by atoms with E-state index < -0.39 is 12.7 Å². The predicted molar refractivity (Wildman–Crippen MR) is 55.2 cm³/mol. The Kier molecular flexibility index (Phi) is 3.27. The number of benzene rings is 1. The van der Waals surface area contributed by atoms with E-state index in [2.05, 4.69) is 5.32 Å². The van der Waals surface area contributed by atoms with E-state index in [4.69, 9.17) is 0 Å². The van der Waals surface area contributed by atoms with Crippen LogP contribution in [-0.2, 0) is 0 Å². The molecule has 0 saturated heterocycles. The van der Waals surface area contributed by atoms with Gasteiger partial charge in [-0.15, -0.1) is 0 Å². The van der Waals surface area contributed by atoms with Crippen LogP contribution in [0.4, 0.5) is 18.9 Å². The molecule has 0 atom stereocenters. The van der Waals surface area contributed by atoms with E-state index in [1.54, 1.807) is 13.8 Å². The highest BCUT2D eigenvalue weighted by atomic mass is 19.4. The quantitative estimate of drug-likeness (QED) is 0.798. The number of anilines is 1. The van der Waals surface area contributed by atoms with Gasteiger partial charge in [0.25, 0.3) is 0 Å². The number of hydrogen-bond donors (Lipinski definition) is 1. The second-order valence-electron chi connectivity index (χ2n) is 3.74. The van der Waals surface area contributed by atoms with Crippen LogP contribution in [0.25, 0.3) is 0 Å². The van der Waals surface area contributed by atoms with Crippen LogP contribution in [-0.4, -0.2) is 12.7 Å². The molecular formula is C11H14F3N. The van der Waals surface area contributed by atoms with Crippen LogP contribution in [0.1, 0.15) is 16.7 Å². The van der Waals surface area contributed by atoms with E-state index in [1.807, 2.05) is 19.1 Å². The maximum absolute atomic E-state index is 12.0. The molecule has 0 aromatic heterocycles. The largest absolute Gasteiger partial charge is 0.405 e.